The zero-order chi connectivity index (χ0) is 21.3. The maximum atomic E-state index is 13.0. The van der Waals surface area contributed by atoms with E-state index < -0.39 is 11.9 Å². The van der Waals surface area contributed by atoms with Gasteiger partial charge in [-0.1, -0.05) is 18.2 Å². The molecule has 31 heavy (non-hydrogen) atoms. The molecule has 0 bridgehead atoms. The first kappa shape index (κ1) is 23.2. The Bertz CT molecular complexity index is 979. The number of halogens is 1. The van der Waals surface area contributed by atoms with Crippen molar-refractivity contribution in [1.82, 2.24) is 4.90 Å². The first-order valence-corrected chi connectivity index (χ1v) is 11.0. The van der Waals surface area contributed by atoms with E-state index in [9.17, 15) is 14.4 Å². The third-order valence-electron chi connectivity index (χ3n) is 5.53. The van der Waals surface area contributed by atoms with Crippen LogP contribution in [0.2, 0.25) is 0 Å². The van der Waals surface area contributed by atoms with Gasteiger partial charge in [0.05, 0.1) is 18.1 Å². The quantitative estimate of drug-likeness (QED) is 0.688. The van der Waals surface area contributed by atoms with Crippen molar-refractivity contribution in [1.29, 1.82) is 0 Å². The van der Waals surface area contributed by atoms with Crippen molar-refractivity contribution < 1.29 is 19.1 Å². The monoisotopic (exact) mass is 463 g/mol. The van der Waals surface area contributed by atoms with E-state index in [4.69, 9.17) is 4.74 Å². The number of rotatable bonds is 5. The number of nitrogens with one attached hydrogen (secondary N) is 1. The van der Waals surface area contributed by atoms with Gasteiger partial charge in [0.15, 0.2) is 0 Å². The number of hydrogen-bond donors (Lipinski definition) is 1. The number of anilines is 2. The standard InChI is InChI=1S/C22H25N3O4S.ClH/c1-3-29-22(28)19-16-9-10-24(2)13-17(16)30-21(19)23-20(27)14-11-18(26)25(12-14)15-7-5-4-6-8-15;/h4-8,14H,3,9-13H2,1-2H3,(H,23,27);1H. The fourth-order valence-corrected chi connectivity index (χ4v) is 5.31. The highest BCUT2D eigenvalue weighted by Crippen LogP contribution is 2.38. The fraction of sp³-hybridized carbons (Fsp3) is 0.409. The third kappa shape index (κ3) is 4.76. The third-order valence-corrected chi connectivity index (χ3v) is 6.66. The molecule has 1 aromatic carbocycles. The summed E-state index contributed by atoms with van der Waals surface area (Å²) in [5, 5.41) is 3.47. The molecule has 1 N–H and O–H groups in total. The molecular weight excluding hydrogens is 438 g/mol. The lowest BCUT2D eigenvalue weighted by atomic mass is 10.0. The van der Waals surface area contributed by atoms with Crippen molar-refractivity contribution in [3.63, 3.8) is 0 Å². The normalized spacial score (nSPS) is 18.3. The molecule has 1 atom stereocenters. The Morgan fingerprint density at radius 3 is 2.71 bits per heavy atom. The van der Waals surface area contributed by atoms with Gasteiger partial charge in [-0.3, -0.25) is 9.59 Å². The summed E-state index contributed by atoms with van der Waals surface area (Å²) >= 11 is 1.43. The predicted molar refractivity (Wildman–Crippen MR) is 123 cm³/mol. The van der Waals surface area contributed by atoms with E-state index in [-0.39, 0.29) is 37.2 Å². The number of likely N-dealkylation sites (N-methyl/N-ethyl adjacent to an activating group) is 1. The Kier molecular flexibility index (Phi) is 7.35. The van der Waals surface area contributed by atoms with Gasteiger partial charge in [-0.15, -0.1) is 23.7 Å². The minimum absolute atomic E-state index is 0. The van der Waals surface area contributed by atoms with Crippen LogP contribution in [0.1, 0.15) is 34.1 Å². The molecule has 1 saturated heterocycles. The Morgan fingerprint density at radius 1 is 1.26 bits per heavy atom. The Morgan fingerprint density at radius 2 is 2.00 bits per heavy atom. The lowest BCUT2D eigenvalue weighted by Gasteiger charge is -2.22. The van der Waals surface area contributed by atoms with Crippen LogP contribution in [-0.4, -0.2) is 49.4 Å². The Balaban J connectivity index is 0.00000272. The van der Waals surface area contributed by atoms with Gasteiger partial charge in [-0.05, 0) is 38.1 Å². The van der Waals surface area contributed by atoms with Crippen LogP contribution >= 0.6 is 23.7 Å². The molecule has 0 saturated carbocycles. The van der Waals surface area contributed by atoms with Crippen molar-refractivity contribution in [2.45, 2.75) is 26.3 Å². The summed E-state index contributed by atoms with van der Waals surface area (Å²) in [4.78, 5) is 43.0. The number of carbonyl (C=O) groups excluding carboxylic acids is 3. The van der Waals surface area contributed by atoms with Crippen LogP contribution < -0.4 is 10.2 Å². The molecule has 4 rings (SSSR count). The van der Waals surface area contributed by atoms with Crippen LogP contribution in [-0.2, 0) is 27.3 Å². The SMILES string of the molecule is CCOC(=O)c1c(NC(=O)C2CC(=O)N(c3ccccc3)C2)sc2c1CCN(C)C2.Cl. The van der Waals surface area contributed by atoms with E-state index in [1.54, 1.807) is 11.8 Å². The fourth-order valence-electron chi connectivity index (χ4n) is 3.99. The van der Waals surface area contributed by atoms with Gasteiger partial charge in [0.2, 0.25) is 11.8 Å². The molecule has 9 heteroatoms. The molecule has 166 valence electrons. The summed E-state index contributed by atoms with van der Waals surface area (Å²) in [6, 6.07) is 9.35. The second kappa shape index (κ2) is 9.80. The second-order valence-electron chi connectivity index (χ2n) is 7.65. The molecule has 3 heterocycles. The average molecular weight is 464 g/mol. The minimum atomic E-state index is -0.463. The van der Waals surface area contributed by atoms with Crippen LogP contribution in [0.25, 0.3) is 0 Å². The summed E-state index contributed by atoms with van der Waals surface area (Å²) in [6.07, 6.45) is 0.902. The number of esters is 1. The molecule has 2 aromatic rings. The molecule has 1 unspecified atom stereocenters. The first-order valence-electron chi connectivity index (χ1n) is 10.1. The minimum Gasteiger partial charge on any atom is -0.462 e. The van der Waals surface area contributed by atoms with E-state index in [0.717, 1.165) is 35.6 Å². The van der Waals surface area contributed by atoms with Gasteiger partial charge >= 0.3 is 5.97 Å². The van der Waals surface area contributed by atoms with Gasteiger partial charge < -0.3 is 19.9 Å². The van der Waals surface area contributed by atoms with Gasteiger partial charge in [0.25, 0.3) is 0 Å². The van der Waals surface area contributed by atoms with Gasteiger partial charge in [-0.2, -0.15) is 0 Å². The van der Waals surface area contributed by atoms with Gasteiger partial charge in [0, 0.05) is 36.6 Å². The maximum Gasteiger partial charge on any atom is 0.341 e. The number of fused-ring (bicyclic) bond motifs is 1. The number of thiophene rings is 1. The largest absolute Gasteiger partial charge is 0.462 e. The molecule has 2 aliphatic heterocycles. The number of nitrogens with zero attached hydrogens (tertiary/aromatic N) is 2. The molecule has 0 spiro atoms. The van der Waals surface area contributed by atoms with Crippen molar-refractivity contribution in [3.05, 3.63) is 46.3 Å². The summed E-state index contributed by atoms with van der Waals surface area (Å²) < 4.78 is 5.26. The maximum absolute atomic E-state index is 13.0. The van der Waals surface area contributed by atoms with Crippen LogP contribution in [0.15, 0.2) is 30.3 Å². The number of ether oxygens (including phenoxy) is 1. The zero-order valence-corrected chi connectivity index (χ0v) is 19.2. The predicted octanol–water partition coefficient (Wildman–Crippen LogP) is 3.33. The summed E-state index contributed by atoms with van der Waals surface area (Å²) in [6.45, 7) is 3.97. The molecule has 2 aliphatic rings. The number of para-hydroxylation sites is 1. The van der Waals surface area contributed by atoms with Crippen molar-refractivity contribution in [2.24, 2.45) is 5.92 Å². The number of amides is 2. The van der Waals surface area contributed by atoms with Crippen molar-refractivity contribution in [3.8, 4) is 0 Å². The highest BCUT2D eigenvalue weighted by Gasteiger charge is 2.36. The Labute approximate surface area is 191 Å². The molecule has 2 amide bonds. The zero-order valence-electron chi connectivity index (χ0n) is 17.6. The molecule has 1 aromatic heterocycles. The van der Waals surface area contributed by atoms with Gasteiger partial charge in [0.1, 0.15) is 5.00 Å². The van der Waals surface area contributed by atoms with Crippen LogP contribution in [0.3, 0.4) is 0 Å². The summed E-state index contributed by atoms with van der Waals surface area (Å²) in [5.41, 5.74) is 2.24. The van der Waals surface area contributed by atoms with Gasteiger partial charge in [-0.25, -0.2) is 4.79 Å². The number of benzene rings is 1. The second-order valence-corrected chi connectivity index (χ2v) is 8.75. The molecular formula is C22H26ClN3O4S. The highest BCUT2D eigenvalue weighted by molar-refractivity contribution is 7.17. The van der Waals surface area contributed by atoms with Crippen molar-refractivity contribution >= 4 is 52.2 Å². The topological polar surface area (TPSA) is 78.9 Å². The molecule has 0 aliphatic carbocycles. The molecule has 1 fully saturated rings. The lowest BCUT2D eigenvalue weighted by molar-refractivity contribution is -0.122. The highest BCUT2D eigenvalue weighted by atomic mass is 35.5. The van der Waals surface area contributed by atoms with E-state index in [1.807, 2.05) is 37.4 Å². The smallest absolute Gasteiger partial charge is 0.341 e. The molecule has 7 nitrogen and oxygen atoms in total. The lowest BCUT2D eigenvalue weighted by Crippen LogP contribution is -2.28. The van der Waals surface area contributed by atoms with Crippen LogP contribution in [0.5, 0.6) is 0 Å². The average Bonchev–Trinajstić information content (AvgIpc) is 3.28. The van der Waals surface area contributed by atoms with E-state index in [0.29, 0.717) is 17.1 Å². The summed E-state index contributed by atoms with van der Waals surface area (Å²) in [5.74, 6) is -1.17. The number of carbonyl (C=O) groups is 3. The number of hydrogen-bond acceptors (Lipinski definition) is 6. The van der Waals surface area contributed by atoms with E-state index in [1.165, 1.54) is 11.3 Å². The van der Waals surface area contributed by atoms with Crippen LogP contribution in [0, 0.1) is 5.92 Å². The van der Waals surface area contributed by atoms with Crippen LogP contribution in [0.4, 0.5) is 10.7 Å². The van der Waals surface area contributed by atoms with E-state index in [2.05, 4.69) is 10.2 Å². The molecule has 0 radical (unpaired) electrons. The first-order chi connectivity index (χ1) is 14.5. The van der Waals surface area contributed by atoms with E-state index >= 15 is 0 Å². The Hall–Kier alpha value is -2.42. The summed E-state index contributed by atoms with van der Waals surface area (Å²) in [7, 11) is 2.03. The van der Waals surface area contributed by atoms with Crippen molar-refractivity contribution in [2.75, 3.05) is 37.0 Å².